The van der Waals surface area contributed by atoms with E-state index in [4.69, 9.17) is 11.6 Å². The lowest BCUT2D eigenvalue weighted by atomic mass is 10.1. The van der Waals surface area contributed by atoms with Crippen LogP contribution in [0.25, 0.3) is 6.08 Å². The molecule has 3 amide bonds. The molecule has 4 aromatic carbocycles. The van der Waals surface area contributed by atoms with Crippen LogP contribution in [0.5, 0.6) is 0 Å². The van der Waals surface area contributed by atoms with Crippen LogP contribution in [-0.4, -0.2) is 23.0 Å². The Balaban J connectivity index is 1.43. The van der Waals surface area contributed by atoms with Gasteiger partial charge in [0, 0.05) is 25.6 Å². The van der Waals surface area contributed by atoms with Crippen LogP contribution >= 0.6 is 39.3 Å². The van der Waals surface area contributed by atoms with Gasteiger partial charge in [0.25, 0.3) is 11.8 Å². The number of rotatable bonds is 9. The summed E-state index contributed by atoms with van der Waals surface area (Å²) in [5.41, 5.74) is 1.55. The highest BCUT2D eigenvalue weighted by Gasteiger charge is 2.18. The first-order chi connectivity index (χ1) is 19.7. The van der Waals surface area contributed by atoms with Crippen LogP contribution in [0.4, 0.5) is 15.8 Å². The van der Waals surface area contributed by atoms with E-state index in [1.807, 2.05) is 0 Å². The summed E-state index contributed by atoms with van der Waals surface area (Å²) in [5.74, 6) is -1.87. The summed E-state index contributed by atoms with van der Waals surface area (Å²) >= 11 is 10.8. The first kappa shape index (κ1) is 30.0. The van der Waals surface area contributed by atoms with Gasteiger partial charge < -0.3 is 16.0 Å². The van der Waals surface area contributed by atoms with E-state index in [1.165, 1.54) is 30.0 Å². The van der Waals surface area contributed by atoms with Crippen LogP contribution in [-0.2, 0) is 9.59 Å². The zero-order valence-corrected chi connectivity index (χ0v) is 24.8. The maximum Gasteiger partial charge on any atom is 0.272 e. The van der Waals surface area contributed by atoms with Gasteiger partial charge in [0.05, 0.1) is 10.9 Å². The monoisotopic (exact) mass is 651 g/mol. The van der Waals surface area contributed by atoms with Gasteiger partial charge in [-0.1, -0.05) is 63.9 Å². The highest BCUT2D eigenvalue weighted by molar-refractivity contribution is 9.10. The summed E-state index contributed by atoms with van der Waals surface area (Å²) < 4.78 is 14.7. The van der Waals surface area contributed by atoms with E-state index >= 15 is 0 Å². The van der Waals surface area contributed by atoms with Gasteiger partial charge in [-0.3, -0.25) is 14.4 Å². The molecule has 4 aromatic rings. The quantitative estimate of drug-likeness (QED) is 0.127. The average Bonchev–Trinajstić information content (AvgIpc) is 2.96. The van der Waals surface area contributed by atoms with E-state index in [1.54, 1.807) is 91.9 Å². The summed E-state index contributed by atoms with van der Waals surface area (Å²) in [6, 6.07) is 26.8. The number of carbonyl (C=O) groups is 3. The molecule has 1 unspecified atom stereocenters. The van der Waals surface area contributed by atoms with E-state index in [0.29, 0.717) is 26.3 Å². The molecule has 0 radical (unpaired) electrons. The summed E-state index contributed by atoms with van der Waals surface area (Å²) in [7, 11) is 0. The summed E-state index contributed by atoms with van der Waals surface area (Å²) in [6.45, 7) is 1.72. The number of thioether (sulfide) groups is 1. The third-order valence-corrected chi connectivity index (χ3v) is 7.67. The van der Waals surface area contributed by atoms with E-state index < -0.39 is 22.9 Å². The fourth-order valence-corrected chi connectivity index (χ4v) is 4.98. The lowest BCUT2D eigenvalue weighted by molar-refractivity contribution is -0.115. The first-order valence-electron chi connectivity index (χ1n) is 12.4. The fourth-order valence-electron chi connectivity index (χ4n) is 3.59. The van der Waals surface area contributed by atoms with Gasteiger partial charge in [0.1, 0.15) is 11.5 Å². The molecule has 41 heavy (non-hydrogen) atoms. The SMILES string of the molecule is CC(Sc1ccc(NC(=O)/C(=C/c2ccccc2Cl)NC(=O)c2ccccc2)cc1)C(=O)Nc1ccc(Br)cc1F. The van der Waals surface area contributed by atoms with Crippen molar-refractivity contribution in [3.05, 3.63) is 129 Å². The van der Waals surface area contributed by atoms with Gasteiger partial charge in [0.2, 0.25) is 5.91 Å². The Morgan fingerprint density at radius 3 is 2.27 bits per heavy atom. The minimum atomic E-state index is -0.543. The normalized spacial score (nSPS) is 11.9. The first-order valence-corrected chi connectivity index (χ1v) is 14.4. The van der Waals surface area contributed by atoms with Gasteiger partial charge in [0.15, 0.2) is 0 Å². The van der Waals surface area contributed by atoms with Gasteiger partial charge in [-0.15, -0.1) is 11.8 Å². The molecule has 0 aliphatic rings. The van der Waals surface area contributed by atoms with Crippen LogP contribution in [0.2, 0.25) is 5.02 Å². The minimum absolute atomic E-state index is 0.0101. The number of carbonyl (C=O) groups excluding carboxylic acids is 3. The maximum atomic E-state index is 14.1. The predicted octanol–water partition coefficient (Wildman–Crippen LogP) is 7.77. The second-order valence-corrected chi connectivity index (χ2v) is 11.5. The molecule has 0 heterocycles. The van der Waals surface area contributed by atoms with E-state index in [2.05, 4.69) is 31.9 Å². The van der Waals surface area contributed by atoms with E-state index in [-0.39, 0.29) is 17.3 Å². The fraction of sp³-hybridized carbons (Fsp3) is 0.0645. The zero-order valence-electron chi connectivity index (χ0n) is 21.7. The molecule has 4 rings (SSSR count). The van der Waals surface area contributed by atoms with Crippen molar-refractivity contribution in [2.24, 2.45) is 0 Å². The molecule has 208 valence electrons. The second-order valence-electron chi connectivity index (χ2n) is 8.75. The molecule has 0 saturated carbocycles. The minimum Gasteiger partial charge on any atom is -0.323 e. The number of benzene rings is 4. The molecule has 0 bridgehead atoms. The molecule has 0 spiro atoms. The highest BCUT2D eigenvalue weighted by atomic mass is 79.9. The summed E-state index contributed by atoms with van der Waals surface area (Å²) in [6.07, 6.45) is 1.51. The van der Waals surface area contributed by atoms with Crippen molar-refractivity contribution in [3.8, 4) is 0 Å². The Bertz CT molecular complexity index is 1600. The number of hydrogen-bond donors (Lipinski definition) is 3. The van der Waals surface area contributed by atoms with Crippen LogP contribution in [0.15, 0.2) is 112 Å². The molecule has 1 atom stereocenters. The average molecular weight is 653 g/mol. The summed E-state index contributed by atoms with van der Waals surface area (Å²) in [5, 5.41) is 7.97. The molecule has 10 heteroatoms. The predicted molar refractivity (Wildman–Crippen MR) is 166 cm³/mol. The van der Waals surface area contributed by atoms with E-state index in [9.17, 15) is 18.8 Å². The standard InChI is InChI=1S/C31H24BrClFN3O3S/c1-19(29(38)36-27-16-11-22(32)18-26(27)34)41-24-14-12-23(13-15-24)35-31(40)28(17-21-9-5-6-10-25(21)33)37-30(39)20-7-3-2-4-8-20/h2-19H,1H3,(H,35,40)(H,36,38)(H,37,39)/b28-17-. The number of anilines is 2. The van der Waals surface area contributed by atoms with Crippen molar-refractivity contribution in [2.45, 2.75) is 17.1 Å². The molecular formula is C31H24BrClFN3O3S. The molecular weight excluding hydrogens is 629 g/mol. The molecule has 0 saturated heterocycles. The maximum absolute atomic E-state index is 14.1. The molecule has 0 fully saturated rings. The van der Waals surface area contributed by atoms with Gasteiger partial charge in [-0.2, -0.15) is 0 Å². The van der Waals surface area contributed by atoms with Crippen molar-refractivity contribution in [1.82, 2.24) is 5.32 Å². The van der Waals surface area contributed by atoms with Crippen molar-refractivity contribution in [2.75, 3.05) is 10.6 Å². The highest BCUT2D eigenvalue weighted by Crippen LogP contribution is 2.27. The molecule has 0 aliphatic carbocycles. The number of halogens is 3. The van der Waals surface area contributed by atoms with Gasteiger partial charge in [-0.05, 0) is 79.2 Å². The Morgan fingerprint density at radius 1 is 0.902 bits per heavy atom. The number of amides is 3. The Hall–Kier alpha value is -3.92. The Kier molecular flexibility index (Phi) is 10.3. The molecule has 6 nitrogen and oxygen atoms in total. The van der Waals surface area contributed by atoms with E-state index in [0.717, 1.165) is 4.90 Å². The number of nitrogens with one attached hydrogen (secondary N) is 3. The molecule has 0 aromatic heterocycles. The van der Waals surface area contributed by atoms with Crippen LogP contribution < -0.4 is 16.0 Å². The van der Waals surface area contributed by atoms with Crippen LogP contribution in [0.3, 0.4) is 0 Å². The zero-order chi connectivity index (χ0) is 29.4. The third kappa shape index (κ3) is 8.53. The second kappa shape index (κ2) is 14.1. The van der Waals surface area contributed by atoms with Crippen LogP contribution in [0, 0.1) is 5.82 Å². The van der Waals surface area contributed by atoms with Crippen molar-refractivity contribution < 1.29 is 18.8 Å². The summed E-state index contributed by atoms with van der Waals surface area (Å²) in [4.78, 5) is 39.4. The largest absolute Gasteiger partial charge is 0.323 e. The smallest absolute Gasteiger partial charge is 0.272 e. The Morgan fingerprint density at radius 2 is 1.59 bits per heavy atom. The van der Waals surface area contributed by atoms with Crippen molar-refractivity contribution in [3.63, 3.8) is 0 Å². The molecule has 3 N–H and O–H groups in total. The lowest BCUT2D eigenvalue weighted by Crippen LogP contribution is -2.30. The molecule has 0 aliphatic heterocycles. The van der Waals surface area contributed by atoms with Gasteiger partial charge >= 0.3 is 0 Å². The number of hydrogen-bond acceptors (Lipinski definition) is 4. The topological polar surface area (TPSA) is 87.3 Å². The van der Waals surface area contributed by atoms with Gasteiger partial charge in [-0.25, -0.2) is 4.39 Å². The Labute approximate surface area is 254 Å². The van der Waals surface area contributed by atoms with Crippen LogP contribution in [0.1, 0.15) is 22.8 Å². The third-order valence-electron chi connectivity index (χ3n) is 5.72. The lowest BCUT2D eigenvalue weighted by Gasteiger charge is -2.14. The van der Waals surface area contributed by atoms with Crippen molar-refractivity contribution >= 4 is 74.5 Å². The van der Waals surface area contributed by atoms with Crippen molar-refractivity contribution in [1.29, 1.82) is 0 Å².